The molecule has 0 fully saturated rings. The highest BCUT2D eigenvalue weighted by atomic mass is 32.2. The van der Waals surface area contributed by atoms with Crippen molar-refractivity contribution in [1.29, 1.82) is 0 Å². The van der Waals surface area contributed by atoms with Crippen LogP contribution >= 0.6 is 0 Å². The molecule has 0 radical (unpaired) electrons. The maximum absolute atomic E-state index is 13.1. The highest BCUT2D eigenvalue weighted by Gasteiger charge is 2.18. The van der Waals surface area contributed by atoms with Gasteiger partial charge in [0.05, 0.1) is 11.4 Å². The fourth-order valence-electron chi connectivity index (χ4n) is 1.87. The number of benzene rings is 2. The Morgan fingerprint density at radius 1 is 1.10 bits per heavy atom. The lowest BCUT2D eigenvalue weighted by Gasteiger charge is -2.13. The van der Waals surface area contributed by atoms with Gasteiger partial charge in [-0.05, 0) is 36.8 Å². The van der Waals surface area contributed by atoms with Crippen LogP contribution in [0.1, 0.15) is 13.3 Å². The van der Waals surface area contributed by atoms with Crippen LogP contribution in [-0.2, 0) is 10.0 Å². The lowest BCUT2D eigenvalue weighted by atomic mass is 10.3. The Hall–Kier alpha value is -2.08. The molecule has 6 heteroatoms. The van der Waals surface area contributed by atoms with E-state index in [-0.39, 0.29) is 10.6 Å². The number of para-hydroxylation sites is 1. The summed E-state index contributed by atoms with van der Waals surface area (Å²) in [5, 5.41) is 3.07. The van der Waals surface area contributed by atoms with Crippen LogP contribution in [0.4, 0.5) is 15.8 Å². The summed E-state index contributed by atoms with van der Waals surface area (Å²) in [5.74, 6) is -0.493. The molecule has 2 N–H and O–H groups in total. The Morgan fingerprint density at radius 2 is 1.86 bits per heavy atom. The van der Waals surface area contributed by atoms with E-state index >= 15 is 0 Å². The normalized spacial score (nSPS) is 11.1. The van der Waals surface area contributed by atoms with Crippen LogP contribution in [0.25, 0.3) is 0 Å². The highest BCUT2D eigenvalue weighted by Crippen LogP contribution is 2.23. The quantitative estimate of drug-likeness (QED) is 0.859. The van der Waals surface area contributed by atoms with E-state index in [0.717, 1.165) is 12.5 Å². The van der Waals surface area contributed by atoms with Crippen LogP contribution in [0.3, 0.4) is 0 Å². The molecule has 0 aliphatic carbocycles. The molecule has 0 bridgehead atoms. The smallest absolute Gasteiger partial charge is 0.263 e. The van der Waals surface area contributed by atoms with Crippen LogP contribution in [0, 0.1) is 5.82 Å². The van der Waals surface area contributed by atoms with Crippen molar-refractivity contribution in [2.24, 2.45) is 0 Å². The predicted molar refractivity (Wildman–Crippen MR) is 82.4 cm³/mol. The van der Waals surface area contributed by atoms with E-state index in [9.17, 15) is 12.8 Å². The van der Waals surface area contributed by atoms with Gasteiger partial charge in [0.15, 0.2) is 0 Å². The van der Waals surface area contributed by atoms with Gasteiger partial charge >= 0.3 is 0 Å². The zero-order valence-corrected chi connectivity index (χ0v) is 12.5. The molecule has 0 amide bonds. The molecule has 4 nitrogen and oxygen atoms in total. The summed E-state index contributed by atoms with van der Waals surface area (Å²) in [4.78, 5) is 0.141. The number of halogens is 1. The Morgan fingerprint density at radius 3 is 2.57 bits per heavy atom. The second-order valence-corrected chi connectivity index (χ2v) is 6.19. The third-order valence-corrected chi connectivity index (χ3v) is 4.26. The van der Waals surface area contributed by atoms with E-state index in [4.69, 9.17) is 0 Å². The molecule has 0 heterocycles. The Labute approximate surface area is 124 Å². The minimum absolute atomic E-state index is 0.141. The Kier molecular flexibility index (Phi) is 4.80. The number of sulfonamides is 1. The number of nitrogens with one attached hydrogen (secondary N) is 2. The van der Waals surface area contributed by atoms with Crippen molar-refractivity contribution in [3.05, 3.63) is 54.3 Å². The highest BCUT2D eigenvalue weighted by molar-refractivity contribution is 7.92. The molecule has 2 rings (SSSR count). The molecule has 0 aliphatic heterocycles. The van der Waals surface area contributed by atoms with E-state index in [1.54, 1.807) is 18.2 Å². The van der Waals surface area contributed by atoms with Gasteiger partial charge in [-0.3, -0.25) is 4.72 Å². The van der Waals surface area contributed by atoms with E-state index < -0.39 is 15.8 Å². The molecule has 0 saturated heterocycles. The number of hydrogen-bond donors (Lipinski definition) is 2. The molecule has 2 aromatic rings. The van der Waals surface area contributed by atoms with E-state index in [1.165, 1.54) is 24.3 Å². The van der Waals surface area contributed by atoms with Crippen molar-refractivity contribution in [3.8, 4) is 0 Å². The maximum Gasteiger partial charge on any atom is 0.263 e. The van der Waals surface area contributed by atoms with E-state index in [1.807, 2.05) is 6.92 Å². The second-order valence-electron chi connectivity index (χ2n) is 4.54. The monoisotopic (exact) mass is 308 g/mol. The zero-order valence-electron chi connectivity index (χ0n) is 11.6. The Bertz CT molecular complexity index is 717. The molecule has 0 saturated carbocycles. The van der Waals surface area contributed by atoms with Gasteiger partial charge in [0.25, 0.3) is 10.0 Å². The minimum atomic E-state index is -3.77. The Balaban J connectivity index is 2.31. The number of rotatable bonds is 6. The van der Waals surface area contributed by atoms with Gasteiger partial charge in [-0.2, -0.15) is 0 Å². The maximum atomic E-state index is 13.1. The van der Waals surface area contributed by atoms with Crippen molar-refractivity contribution in [3.63, 3.8) is 0 Å². The average molecular weight is 308 g/mol. The minimum Gasteiger partial charge on any atom is -0.384 e. The first-order valence-corrected chi connectivity index (χ1v) is 8.12. The standard InChI is InChI=1S/C15H17FN2O2S/c1-2-10-17-14-8-3-4-9-15(14)21(19,20)18-13-7-5-6-12(16)11-13/h3-9,11,17-18H,2,10H2,1H3. The molecule has 0 aliphatic rings. The summed E-state index contributed by atoms with van der Waals surface area (Å²) in [6.45, 7) is 2.67. The van der Waals surface area contributed by atoms with Crippen molar-refractivity contribution >= 4 is 21.4 Å². The lowest BCUT2D eigenvalue weighted by Crippen LogP contribution is -2.15. The fourth-order valence-corrected chi connectivity index (χ4v) is 3.10. The molecule has 112 valence electrons. The second kappa shape index (κ2) is 6.58. The zero-order chi connectivity index (χ0) is 15.3. The summed E-state index contributed by atoms with van der Waals surface area (Å²) in [6.07, 6.45) is 0.881. The van der Waals surface area contributed by atoms with Gasteiger partial charge in [-0.1, -0.05) is 25.1 Å². The van der Waals surface area contributed by atoms with Crippen LogP contribution in [-0.4, -0.2) is 15.0 Å². The third-order valence-electron chi connectivity index (χ3n) is 2.82. The largest absolute Gasteiger partial charge is 0.384 e. The SMILES string of the molecule is CCCNc1ccccc1S(=O)(=O)Nc1cccc(F)c1. The topological polar surface area (TPSA) is 58.2 Å². The summed E-state index contributed by atoms with van der Waals surface area (Å²) in [7, 11) is -3.77. The van der Waals surface area contributed by atoms with Crippen LogP contribution in [0.2, 0.25) is 0 Å². The van der Waals surface area contributed by atoms with Gasteiger partial charge < -0.3 is 5.32 Å². The summed E-state index contributed by atoms with van der Waals surface area (Å²) < 4.78 is 40.4. The van der Waals surface area contributed by atoms with E-state index in [0.29, 0.717) is 12.2 Å². The first-order valence-electron chi connectivity index (χ1n) is 6.64. The molecule has 21 heavy (non-hydrogen) atoms. The first-order chi connectivity index (χ1) is 10.0. The molecule has 0 aromatic heterocycles. The van der Waals surface area contributed by atoms with Gasteiger partial charge in [0, 0.05) is 6.54 Å². The van der Waals surface area contributed by atoms with Crippen molar-refractivity contribution in [2.45, 2.75) is 18.2 Å². The molecular weight excluding hydrogens is 291 g/mol. The predicted octanol–water partition coefficient (Wildman–Crippen LogP) is 3.45. The summed E-state index contributed by atoms with van der Waals surface area (Å²) in [5.41, 5.74) is 0.726. The van der Waals surface area contributed by atoms with Crippen LogP contribution < -0.4 is 10.0 Å². The number of hydrogen-bond acceptors (Lipinski definition) is 3. The van der Waals surface area contributed by atoms with Crippen molar-refractivity contribution in [1.82, 2.24) is 0 Å². The number of anilines is 2. The van der Waals surface area contributed by atoms with Crippen molar-refractivity contribution < 1.29 is 12.8 Å². The third kappa shape index (κ3) is 3.95. The molecular formula is C15H17FN2O2S. The molecule has 0 atom stereocenters. The van der Waals surface area contributed by atoms with Gasteiger partial charge in [0.1, 0.15) is 10.7 Å². The van der Waals surface area contributed by atoms with Gasteiger partial charge in [-0.25, -0.2) is 12.8 Å². The van der Waals surface area contributed by atoms with Crippen LogP contribution in [0.5, 0.6) is 0 Å². The summed E-state index contributed by atoms with van der Waals surface area (Å²) in [6, 6.07) is 12.0. The molecule has 2 aromatic carbocycles. The first kappa shape index (κ1) is 15.3. The van der Waals surface area contributed by atoms with E-state index in [2.05, 4.69) is 10.0 Å². The lowest BCUT2D eigenvalue weighted by molar-refractivity contribution is 0.601. The van der Waals surface area contributed by atoms with Crippen molar-refractivity contribution in [2.75, 3.05) is 16.6 Å². The van der Waals surface area contributed by atoms with Gasteiger partial charge in [0.2, 0.25) is 0 Å². The fraction of sp³-hybridized carbons (Fsp3) is 0.200. The molecule has 0 unspecified atom stereocenters. The average Bonchev–Trinajstić information content (AvgIpc) is 2.45. The molecule has 0 spiro atoms. The summed E-state index contributed by atoms with van der Waals surface area (Å²) >= 11 is 0. The van der Waals surface area contributed by atoms with Gasteiger partial charge in [-0.15, -0.1) is 0 Å². The van der Waals surface area contributed by atoms with Crippen LogP contribution in [0.15, 0.2) is 53.4 Å².